The summed E-state index contributed by atoms with van der Waals surface area (Å²) in [6.07, 6.45) is 0. The lowest BCUT2D eigenvalue weighted by Crippen LogP contribution is -2.30. The second-order valence-electron chi connectivity index (χ2n) is 7.99. The van der Waals surface area contributed by atoms with Gasteiger partial charge in [0.15, 0.2) is 0 Å². The van der Waals surface area contributed by atoms with E-state index in [1.54, 1.807) is 62.2 Å². The van der Waals surface area contributed by atoms with Crippen molar-refractivity contribution >= 4 is 23.2 Å². The van der Waals surface area contributed by atoms with Gasteiger partial charge in [-0.25, -0.2) is 8.78 Å². The van der Waals surface area contributed by atoms with Crippen LogP contribution in [0, 0.1) is 11.6 Å². The van der Waals surface area contributed by atoms with Crippen molar-refractivity contribution in [2.45, 2.75) is 20.4 Å². The third-order valence-corrected chi connectivity index (χ3v) is 5.11. The molecule has 0 spiro atoms. The maximum absolute atomic E-state index is 14.0. The Morgan fingerprint density at radius 3 is 2.06 bits per heavy atom. The fourth-order valence-corrected chi connectivity index (χ4v) is 3.52. The minimum absolute atomic E-state index is 0.0567. The van der Waals surface area contributed by atoms with Crippen LogP contribution in [-0.4, -0.2) is 43.5 Å². The minimum Gasteiger partial charge on any atom is -0.492 e. The molecule has 0 unspecified atom stereocenters. The van der Waals surface area contributed by atoms with E-state index in [1.807, 2.05) is 6.07 Å². The van der Waals surface area contributed by atoms with Crippen molar-refractivity contribution in [1.82, 2.24) is 4.90 Å². The Hall–Kier alpha value is -3.98. The average molecular weight is 498 g/mol. The van der Waals surface area contributed by atoms with Gasteiger partial charge in [-0.15, -0.1) is 0 Å². The molecule has 0 aliphatic carbocycles. The number of carbonyl (C=O) groups excluding carboxylic acids is 2. The smallest absolute Gasteiger partial charge is 0.255 e. The number of hydrogen-bond donors (Lipinski definition) is 2. The molecule has 0 aromatic heterocycles. The molecule has 0 heterocycles. The number of ether oxygens (including phenoxy) is 2. The van der Waals surface area contributed by atoms with Crippen LogP contribution in [-0.2, 0) is 11.3 Å². The fourth-order valence-electron chi connectivity index (χ4n) is 3.52. The van der Waals surface area contributed by atoms with Gasteiger partial charge in [-0.2, -0.15) is 0 Å². The highest BCUT2D eigenvalue weighted by atomic mass is 19.1. The third-order valence-electron chi connectivity index (χ3n) is 5.11. The van der Waals surface area contributed by atoms with E-state index in [2.05, 4.69) is 10.6 Å². The van der Waals surface area contributed by atoms with Crippen LogP contribution >= 0.6 is 0 Å². The number of anilines is 2. The first-order chi connectivity index (χ1) is 17.3. The lowest BCUT2D eigenvalue weighted by atomic mass is 10.2. The Morgan fingerprint density at radius 2 is 1.47 bits per heavy atom. The first kappa shape index (κ1) is 26.6. The molecule has 2 N–H and O–H groups in total. The van der Waals surface area contributed by atoms with Gasteiger partial charge in [-0.1, -0.05) is 24.3 Å². The van der Waals surface area contributed by atoms with Gasteiger partial charge in [-0.05, 0) is 39.1 Å². The number of benzene rings is 3. The largest absolute Gasteiger partial charge is 0.492 e. The van der Waals surface area contributed by atoms with Crippen molar-refractivity contribution in [2.75, 3.05) is 37.4 Å². The van der Waals surface area contributed by atoms with Gasteiger partial charge in [0, 0.05) is 35.9 Å². The maximum atomic E-state index is 14.0. The molecule has 9 heteroatoms. The third kappa shape index (κ3) is 7.26. The zero-order chi connectivity index (χ0) is 26.1. The molecule has 0 fully saturated rings. The van der Waals surface area contributed by atoms with E-state index in [1.165, 1.54) is 12.1 Å². The molecule has 7 nitrogen and oxygen atoms in total. The van der Waals surface area contributed by atoms with Gasteiger partial charge in [0.25, 0.3) is 5.91 Å². The molecule has 36 heavy (non-hydrogen) atoms. The number of amides is 2. The number of carbonyl (C=O) groups is 2. The monoisotopic (exact) mass is 497 g/mol. The fraction of sp³-hybridized carbons (Fsp3) is 0.259. The molecule has 2 amide bonds. The second-order valence-corrected chi connectivity index (χ2v) is 7.99. The lowest BCUT2D eigenvalue weighted by Gasteiger charge is -2.20. The maximum Gasteiger partial charge on any atom is 0.255 e. The number of nitrogens with one attached hydrogen (secondary N) is 2. The second kappa shape index (κ2) is 12.6. The molecule has 0 saturated carbocycles. The quantitative estimate of drug-likeness (QED) is 0.386. The van der Waals surface area contributed by atoms with E-state index >= 15 is 0 Å². The molecule has 3 rings (SSSR count). The lowest BCUT2D eigenvalue weighted by molar-refractivity contribution is -0.117. The van der Waals surface area contributed by atoms with E-state index < -0.39 is 11.6 Å². The minimum atomic E-state index is -0.671. The first-order valence-electron chi connectivity index (χ1n) is 11.5. The molecule has 3 aromatic carbocycles. The van der Waals surface area contributed by atoms with Crippen molar-refractivity contribution in [3.63, 3.8) is 0 Å². The standard InChI is InChI=1S/C27H29F2N3O4/c1-4-35-24-15-23(31-27(34)18-9-7-6-8-10-18)25(36-5-2)14-22(24)30-26(33)17-32(3)16-19-11-12-20(28)13-21(19)29/h6-15H,4-5,16-17H2,1-3H3,(H,30,33)(H,31,34). The molecule has 0 atom stereocenters. The van der Waals surface area contributed by atoms with E-state index in [9.17, 15) is 18.4 Å². The molecule has 3 aromatic rings. The number of hydrogen-bond acceptors (Lipinski definition) is 5. The zero-order valence-corrected chi connectivity index (χ0v) is 20.4. The van der Waals surface area contributed by atoms with Crippen molar-refractivity contribution in [3.05, 3.63) is 83.4 Å². The summed E-state index contributed by atoms with van der Waals surface area (Å²) in [5.74, 6) is -1.30. The molecule has 0 aliphatic heterocycles. The summed E-state index contributed by atoms with van der Waals surface area (Å²) in [6, 6.07) is 15.3. The predicted molar refractivity (Wildman–Crippen MR) is 134 cm³/mol. The van der Waals surface area contributed by atoms with Crippen LogP contribution in [0.15, 0.2) is 60.7 Å². The van der Waals surface area contributed by atoms with Crippen molar-refractivity contribution in [2.24, 2.45) is 0 Å². The van der Waals surface area contributed by atoms with E-state index in [0.29, 0.717) is 41.7 Å². The number of nitrogens with zero attached hydrogens (tertiary/aromatic N) is 1. The highest BCUT2D eigenvalue weighted by Gasteiger charge is 2.18. The average Bonchev–Trinajstić information content (AvgIpc) is 2.84. The summed E-state index contributed by atoms with van der Waals surface area (Å²) in [5.41, 5.74) is 1.52. The highest BCUT2D eigenvalue weighted by Crippen LogP contribution is 2.37. The normalized spacial score (nSPS) is 10.7. The van der Waals surface area contributed by atoms with Gasteiger partial charge in [0.1, 0.15) is 23.1 Å². The molecule has 0 bridgehead atoms. The Labute approximate surface area is 209 Å². The van der Waals surface area contributed by atoms with Crippen LogP contribution in [0.1, 0.15) is 29.8 Å². The molecular weight excluding hydrogens is 468 g/mol. The van der Waals surface area contributed by atoms with Crippen molar-refractivity contribution < 1.29 is 27.8 Å². The van der Waals surface area contributed by atoms with Gasteiger partial charge in [-0.3, -0.25) is 14.5 Å². The first-order valence-corrected chi connectivity index (χ1v) is 11.5. The van der Waals surface area contributed by atoms with Gasteiger partial charge < -0.3 is 20.1 Å². The number of halogens is 2. The highest BCUT2D eigenvalue weighted by molar-refractivity contribution is 6.05. The zero-order valence-electron chi connectivity index (χ0n) is 20.4. The summed E-state index contributed by atoms with van der Waals surface area (Å²) >= 11 is 0. The Morgan fingerprint density at radius 1 is 0.861 bits per heavy atom. The van der Waals surface area contributed by atoms with Crippen LogP contribution in [0.3, 0.4) is 0 Å². The molecule has 0 saturated heterocycles. The van der Waals surface area contributed by atoms with Crippen LogP contribution in [0.2, 0.25) is 0 Å². The summed E-state index contributed by atoms with van der Waals surface area (Å²) in [4.78, 5) is 27.0. The molecule has 0 radical (unpaired) electrons. The SMILES string of the molecule is CCOc1cc(NC(=O)c2ccccc2)c(OCC)cc1NC(=O)CN(C)Cc1ccc(F)cc1F. The summed E-state index contributed by atoms with van der Waals surface area (Å²) < 4.78 is 38.5. The predicted octanol–water partition coefficient (Wildman–Crippen LogP) is 5.09. The molecule has 0 aliphatic rings. The topological polar surface area (TPSA) is 79.9 Å². The summed E-state index contributed by atoms with van der Waals surface area (Å²) in [5, 5.41) is 5.63. The Bertz CT molecular complexity index is 1210. The van der Waals surface area contributed by atoms with Gasteiger partial charge in [0.05, 0.1) is 31.1 Å². The number of rotatable bonds is 11. The van der Waals surface area contributed by atoms with Crippen LogP contribution in [0.4, 0.5) is 20.2 Å². The van der Waals surface area contributed by atoms with Crippen LogP contribution in [0.5, 0.6) is 11.5 Å². The summed E-state index contributed by atoms with van der Waals surface area (Å²) in [6.45, 7) is 4.33. The van der Waals surface area contributed by atoms with E-state index in [-0.39, 0.29) is 30.5 Å². The Kier molecular flexibility index (Phi) is 9.35. The van der Waals surface area contributed by atoms with Gasteiger partial charge in [0.2, 0.25) is 5.91 Å². The van der Waals surface area contributed by atoms with Gasteiger partial charge >= 0.3 is 0 Å². The molecule has 190 valence electrons. The summed E-state index contributed by atoms with van der Waals surface area (Å²) in [7, 11) is 1.65. The molecular formula is C27H29F2N3O4. The van der Waals surface area contributed by atoms with Crippen LogP contribution in [0.25, 0.3) is 0 Å². The van der Waals surface area contributed by atoms with Crippen molar-refractivity contribution in [3.8, 4) is 11.5 Å². The number of likely N-dealkylation sites (N-methyl/N-ethyl adjacent to an activating group) is 1. The van der Waals surface area contributed by atoms with E-state index in [4.69, 9.17) is 9.47 Å². The van der Waals surface area contributed by atoms with E-state index in [0.717, 1.165) is 6.07 Å². The Balaban J connectivity index is 1.76. The van der Waals surface area contributed by atoms with Crippen molar-refractivity contribution in [1.29, 1.82) is 0 Å². The van der Waals surface area contributed by atoms with Crippen LogP contribution < -0.4 is 20.1 Å².